The summed E-state index contributed by atoms with van der Waals surface area (Å²) in [6, 6.07) is 5.89. The first-order valence-corrected chi connectivity index (χ1v) is 8.69. The van der Waals surface area contributed by atoms with Crippen molar-refractivity contribution in [2.75, 3.05) is 26.4 Å². The maximum absolute atomic E-state index is 12.7. The molecule has 0 N–H and O–H groups in total. The molecule has 0 radical (unpaired) electrons. The van der Waals surface area contributed by atoms with Crippen molar-refractivity contribution < 1.29 is 14.3 Å². The molecule has 1 unspecified atom stereocenters. The third-order valence-corrected chi connectivity index (χ3v) is 4.14. The van der Waals surface area contributed by atoms with E-state index in [9.17, 15) is 4.79 Å². The molecule has 0 saturated carbocycles. The first-order valence-electron chi connectivity index (χ1n) is 8.69. The molecule has 1 atom stereocenters. The van der Waals surface area contributed by atoms with Crippen molar-refractivity contribution in [3.05, 3.63) is 36.2 Å². The monoisotopic (exact) mass is 332 g/mol. The normalized spacial score (nSPS) is 14.8. The van der Waals surface area contributed by atoms with Crippen LogP contribution < -0.4 is 9.47 Å². The predicted molar refractivity (Wildman–Crippen MR) is 95.4 cm³/mol. The summed E-state index contributed by atoms with van der Waals surface area (Å²) in [5.74, 6) is 1.41. The maximum Gasteiger partial charge on any atom is 0.182 e. The summed E-state index contributed by atoms with van der Waals surface area (Å²) in [4.78, 5) is 16.9. The Morgan fingerprint density at radius 2 is 1.71 bits per heavy atom. The standard InChI is InChI=1S/C19H28N2O3/c1-5-15(4)21-9-8-20(14-21)13-19(22)16-10-17(23-6-2)12-18(11-16)24-7-3/h8-12,15H,5-7,13-14H2,1-4H3. The van der Waals surface area contributed by atoms with Gasteiger partial charge in [-0.25, -0.2) is 0 Å². The van der Waals surface area contributed by atoms with Gasteiger partial charge in [-0.3, -0.25) is 4.79 Å². The zero-order chi connectivity index (χ0) is 17.5. The molecule has 5 nitrogen and oxygen atoms in total. The van der Waals surface area contributed by atoms with Crippen LogP contribution in [0.4, 0.5) is 0 Å². The van der Waals surface area contributed by atoms with Crippen molar-refractivity contribution in [3.8, 4) is 11.5 Å². The summed E-state index contributed by atoms with van der Waals surface area (Å²) < 4.78 is 11.1. The first-order chi connectivity index (χ1) is 11.6. The van der Waals surface area contributed by atoms with Gasteiger partial charge in [0.05, 0.1) is 26.4 Å². The molecule has 1 heterocycles. The second-order valence-electron chi connectivity index (χ2n) is 5.94. The third-order valence-electron chi connectivity index (χ3n) is 4.14. The van der Waals surface area contributed by atoms with Crippen LogP contribution in [-0.4, -0.2) is 48.1 Å². The fourth-order valence-corrected chi connectivity index (χ4v) is 2.62. The molecule has 1 aromatic rings. The quantitative estimate of drug-likeness (QED) is 0.647. The Kier molecular flexibility index (Phi) is 6.53. The lowest BCUT2D eigenvalue weighted by atomic mass is 10.1. The van der Waals surface area contributed by atoms with E-state index in [2.05, 4.69) is 24.9 Å². The Hall–Kier alpha value is -2.17. The highest BCUT2D eigenvalue weighted by molar-refractivity contribution is 5.98. The summed E-state index contributed by atoms with van der Waals surface area (Å²) >= 11 is 0. The second-order valence-corrected chi connectivity index (χ2v) is 5.94. The fraction of sp³-hybridized carbons (Fsp3) is 0.526. The van der Waals surface area contributed by atoms with Crippen molar-refractivity contribution in [1.29, 1.82) is 0 Å². The van der Waals surface area contributed by atoms with E-state index in [4.69, 9.17) is 9.47 Å². The van der Waals surface area contributed by atoms with Gasteiger partial charge < -0.3 is 19.3 Å². The van der Waals surface area contributed by atoms with E-state index in [1.165, 1.54) is 0 Å². The van der Waals surface area contributed by atoms with Crippen LogP contribution in [0.15, 0.2) is 30.6 Å². The fourth-order valence-electron chi connectivity index (χ4n) is 2.62. The van der Waals surface area contributed by atoms with Crippen LogP contribution >= 0.6 is 0 Å². The maximum atomic E-state index is 12.7. The number of carbonyl (C=O) groups excluding carboxylic acids is 1. The lowest BCUT2D eigenvalue weighted by molar-refractivity contribution is 0.0937. The lowest BCUT2D eigenvalue weighted by Gasteiger charge is -2.25. The van der Waals surface area contributed by atoms with E-state index in [1.807, 2.05) is 31.0 Å². The molecule has 2 rings (SSSR count). The zero-order valence-corrected chi connectivity index (χ0v) is 15.1. The number of hydrogen-bond acceptors (Lipinski definition) is 5. The predicted octanol–water partition coefficient (Wildman–Crippen LogP) is 3.51. The van der Waals surface area contributed by atoms with Crippen LogP contribution in [-0.2, 0) is 0 Å². The van der Waals surface area contributed by atoms with Gasteiger partial charge in [-0.1, -0.05) is 6.92 Å². The van der Waals surface area contributed by atoms with E-state index in [1.54, 1.807) is 12.1 Å². The number of benzene rings is 1. The Bertz CT molecular complexity index is 562. The Balaban J connectivity index is 2.05. The Labute approximate surface area is 144 Å². The van der Waals surface area contributed by atoms with E-state index in [0.717, 1.165) is 13.1 Å². The number of ketones is 1. The van der Waals surface area contributed by atoms with Crippen LogP contribution in [0.2, 0.25) is 0 Å². The van der Waals surface area contributed by atoms with Gasteiger partial charge in [0, 0.05) is 30.1 Å². The lowest BCUT2D eigenvalue weighted by Crippen LogP contribution is -2.34. The molecule has 0 fully saturated rings. The number of carbonyl (C=O) groups is 1. The van der Waals surface area contributed by atoms with Gasteiger partial charge >= 0.3 is 0 Å². The molecular formula is C19H28N2O3. The van der Waals surface area contributed by atoms with Crippen LogP contribution in [0.5, 0.6) is 11.5 Å². The van der Waals surface area contributed by atoms with Crippen LogP contribution in [0.25, 0.3) is 0 Å². The number of Topliss-reactive ketones (excluding diaryl/α,β-unsaturated/α-hetero) is 1. The number of rotatable bonds is 9. The smallest absolute Gasteiger partial charge is 0.182 e. The van der Waals surface area contributed by atoms with Gasteiger partial charge in [0.2, 0.25) is 0 Å². The van der Waals surface area contributed by atoms with E-state index in [0.29, 0.717) is 42.9 Å². The van der Waals surface area contributed by atoms with Crippen LogP contribution in [0.3, 0.4) is 0 Å². The van der Waals surface area contributed by atoms with Gasteiger partial charge in [-0.15, -0.1) is 0 Å². The molecule has 0 saturated heterocycles. The molecule has 5 heteroatoms. The van der Waals surface area contributed by atoms with E-state index >= 15 is 0 Å². The summed E-state index contributed by atoms with van der Waals surface area (Å²) in [6.07, 6.45) is 5.13. The molecule has 0 bridgehead atoms. The molecule has 132 valence electrons. The van der Waals surface area contributed by atoms with Gasteiger partial charge in [0.1, 0.15) is 11.5 Å². The van der Waals surface area contributed by atoms with Crippen molar-refractivity contribution in [1.82, 2.24) is 9.80 Å². The minimum absolute atomic E-state index is 0.0631. The van der Waals surface area contributed by atoms with Gasteiger partial charge in [0.25, 0.3) is 0 Å². The van der Waals surface area contributed by atoms with Gasteiger partial charge in [0.15, 0.2) is 5.78 Å². The van der Waals surface area contributed by atoms with Crippen molar-refractivity contribution in [2.24, 2.45) is 0 Å². The largest absolute Gasteiger partial charge is 0.494 e. The zero-order valence-electron chi connectivity index (χ0n) is 15.1. The van der Waals surface area contributed by atoms with Crippen molar-refractivity contribution in [2.45, 2.75) is 40.2 Å². The summed E-state index contributed by atoms with van der Waals surface area (Å²) in [5.41, 5.74) is 0.625. The molecule has 0 spiro atoms. The minimum Gasteiger partial charge on any atom is -0.494 e. The van der Waals surface area contributed by atoms with Crippen LogP contribution in [0.1, 0.15) is 44.5 Å². The van der Waals surface area contributed by atoms with Crippen molar-refractivity contribution >= 4 is 5.78 Å². The Morgan fingerprint density at radius 3 is 2.25 bits per heavy atom. The molecule has 0 aliphatic carbocycles. The number of ether oxygens (including phenoxy) is 2. The topological polar surface area (TPSA) is 42.0 Å². The molecule has 1 aromatic carbocycles. The molecule has 24 heavy (non-hydrogen) atoms. The average Bonchev–Trinajstić information content (AvgIpc) is 3.03. The molecule has 0 amide bonds. The van der Waals surface area contributed by atoms with E-state index < -0.39 is 0 Å². The summed E-state index contributed by atoms with van der Waals surface area (Å²) in [5, 5.41) is 0. The highest BCUT2D eigenvalue weighted by Crippen LogP contribution is 2.24. The summed E-state index contributed by atoms with van der Waals surface area (Å²) in [7, 11) is 0. The second kappa shape index (κ2) is 8.62. The van der Waals surface area contributed by atoms with Gasteiger partial charge in [-0.2, -0.15) is 0 Å². The highest BCUT2D eigenvalue weighted by atomic mass is 16.5. The number of nitrogens with zero attached hydrogens (tertiary/aromatic N) is 2. The van der Waals surface area contributed by atoms with Crippen molar-refractivity contribution in [3.63, 3.8) is 0 Å². The first kappa shape index (κ1) is 18.2. The minimum atomic E-state index is 0.0631. The van der Waals surface area contributed by atoms with Crippen LogP contribution in [0, 0.1) is 0 Å². The third kappa shape index (κ3) is 4.66. The summed E-state index contributed by atoms with van der Waals surface area (Å²) in [6.45, 7) is 10.4. The van der Waals surface area contributed by atoms with Gasteiger partial charge in [-0.05, 0) is 39.3 Å². The molecule has 1 aliphatic rings. The number of hydrogen-bond donors (Lipinski definition) is 0. The molecular weight excluding hydrogens is 304 g/mol. The average molecular weight is 332 g/mol. The highest BCUT2D eigenvalue weighted by Gasteiger charge is 2.19. The molecule has 1 aliphatic heterocycles. The SMILES string of the molecule is CCOc1cc(OCC)cc(C(=O)CN2C=CN(C(C)CC)C2)c1. The Morgan fingerprint density at radius 1 is 1.08 bits per heavy atom. The van der Waals surface area contributed by atoms with E-state index in [-0.39, 0.29) is 5.78 Å². The molecule has 0 aromatic heterocycles.